The zero-order valence-electron chi connectivity index (χ0n) is 18.7. The van der Waals surface area contributed by atoms with Gasteiger partial charge in [0, 0.05) is 26.2 Å². The Bertz CT molecular complexity index is 1270. The van der Waals surface area contributed by atoms with Gasteiger partial charge in [0.15, 0.2) is 0 Å². The Labute approximate surface area is 188 Å². The van der Waals surface area contributed by atoms with Gasteiger partial charge in [-0.05, 0) is 50.2 Å². The van der Waals surface area contributed by atoms with E-state index in [1.54, 1.807) is 39.4 Å². The summed E-state index contributed by atoms with van der Waals surface area (Å²) in [4.78, 5) is 14.7. The highest BCUT2D eigenvalue weighted by Gasteiger charge is 2.27. The van der Waals surface area contributed by atoms with E-state index >= 15 is 0 Å². The largest absolute Gasteiger partial charge is 0.496 e. The summed E-state index contributed by atoms with van der Waals surface area (Å²) in [5, 5.41) is 0. The van der Waals surface area contributed by atoms with E-state index in [-0.39, 0.29) is 23.2 Å². The molecule has 172 valence electrons. The lowest BCUT2D eigenvalue weighted by molar-refractivity contribution is 0.162. The van der Waals surface area contributed by atoms with Crippen LogP contribution in [0.15, 0.2) is 52.2 Å². The van der Waals surface area contributed by atoms with Crippen LogP contribution in [0.25, 0.3) is 11.0 Å². The maximum atomic E-state index is 13.2. The molecule has 1 unspecified atom stereocenters. The monoisotopic (exact) mass is 458 g/mol. The number of piperidine rings is 1. The van der Waals surface area contributed by atoms with Gasteiger partial charge in [0.1, 0.15) is 5.75 Å². The number of para-hydroxylation sites is 1. The number of hydrogen-bond acceptors (Lipinski definition) is 5. The summed E-state index contributed by atoms with van der Waals surface area (Å²) in [6.07, 6.45) is 3.38. The van der Waals surface area contributed by atoms with Crippen LogP contribution in [-0.2, 0) is 24.1 Å². The van der Waals surface area contributed by atoms with E-state index in [9.17, 15) is 13.2 Å². The third-order valence-corrected chi connectivity index (χ3v) is 7.77. The first kappa shape index (κ1) is 22.6. The van der Waals surface area contributed by atoms with Crippen LogP contribution in [0, 0.1) is 0 Å². The van der Waals surface area contributed by atoms with Crippen molar-refractivity contribution in [2.75, 3.05) is 26.7 Å². The quantitative estimate of drug-likeness (QED) is 0.588. The first-order valence-electron chi connectivity index (χ1n) is 10.9. The number of aromatic nitrogens is 2. The third-order valence-electron chi connectivity index (χ3n) is 6.35. The Hall–Kier alpha value is -2.62. The van der Waals surface area contributed by atoms with Crippen LogP contribution < -0.4 is 15.1 Å². The predicted octanol–water partition coefficient (Wildman–Crippen LogP) is 2.39. The number of hydrogen-bond donors (Lipinski definition) is 1. The zero-order chi connectivity index (χ0) is 22.9. The maximum absolute atomic E-state index is 13.2. The number of sulfonamides is 1. The van der Waals surface area contributed by atoms with Crippen molar-refractivity contribution in [3.8, 4) is 5.75 Å². The lowest BCUT2D eigenvalue weighted by atomic mass is 10.0. The van der Waals surface area contributed by atoms with Gasteiger partial charge in [-0.2, -0.15) is 0 Å². The summed E-state index contributed by atoms with van der Waals surface area (Å²) in [5.41, 5.74) is 2.05. The molecule has 1 saturated heterocycles. The standard InChI is InChI=1S/C23H30N4O4S/c1-25-19-12-11-17(15-20(19)26(2)23(25)28)32(29,30)24-16-21(27-13-7-4-8-14-27)18-9-5-6-10-22(18)31-3/h5-6,9-12,15,21,24H,4,7-8,13-14,16H2,1-3H3. The molecule has 8 nitrogen and oxygen atoms in total. The molecule has 1 N–H and O–H groups in total. The van der Waals surface area contributed by atoms with Crippen molar-refractivity contribution in [1.82, 2.24) is 18.8 Å². The molecule has 2 aromatic carbocycles. The van der Waals surface area contributed by atoms with Crippen LogP contribution in [0.2, 0.25) is 0 Å². The van der Waals surface area contributed by atoms with Crippen LogP contribution in [0.5, 0.6) is 5.75 Å². The second kappa shape index (κ2) is 9.09. The van der Waals surface area contributed by atoms with Crippen molar-refractivity contribution in [3.63, 3.8) is 0 Å². The molecular weight excluding hydrogens is 428 g/mol. The molecule has 1 atom stereocenters. The Morgan fingerprint density at radius 3 is 2.41 bits per heavy atom. The molecule has 0 saturated carbocycles. The lowest BCUT2D eigenvalue weighted by Gasteiger charge is -2.35. The highest BCUT2D eigenvalue weighted by molar-refractivity contribution is 7.89. The lowest BCUT2D eigenvalue weighted by Crippen LogP contribution is -2.40. The van der Waals surface area contributed by atoms with Crippen LogP contribution in [-0.4, -0.2) is 49.2 Å². The first-order valence-corrected chi connectivity index (χ1v) is 12.3. The highest BCUT2D eigenvalue weighted by Crippen LogP contribution is 2.31. The Morgan fingerprint density at radius 2 is 1.69 bits per heavy atom. The number of methoxy groups -OCH3 is 1. The van der Waals surface area contributed by atoms with Gasteiger partial charge in [-0.25, -0.2) is 17.9 Å². The minimum absolute atomic E-state index is 0.133. The molecule has 9 heteroatoms. The number of nitrogens with zero attached hydrogens (tertiary/aromatic N) is 3. The summed E-state index contributed by atoms with van der Waals surface area (Å²) in [7, 11) is 1.17. The number of imidazole rings is 1. The minimum atomic E-state index is -3.78. The topological polar surface area (TPSA) is 85.6 Å². The molecule has 3 aromatic rings. The molecule has 2 heterocycles. The molecule has 32 heavy (non-hydrogen) atoms. The normalized spacial score (nSPS) is 16.3. The number of benzene rings is 2. The second-order valence-corrected chi connectivity index (χ2v) is 10.0. The van der Waals surface area contributed by atoms with E-state index in [1.165, 1.54) is 15.6 Å². The van der Waals surface area contributed by atoms with E-state index < -0.39 is 10.0 Å². The van der Waals surface area contributed by atoms with Crippen LogP contribution in [0.1, 0.15) is 30.9 Å². The summed E-state index contributed by atoms with van der Waals surface area (Å²) in [5.74, 6) is 0.753. The van der Waals surface area contributed by atoms with E-state index in [0.29, 0.717) is 11.0 Å². The van der Waals surface area contributed by atoms with Gasteiger partial charge in [0.2, 0.25) is 10.0 Å². The molecule has 0 aliphatic carbocycles. The average molecular weight is 459 g/mol. The van der Waals surface area contributed by atoms with Crippen molar-refractivity contribution < 1.29 is 13.2 Å². The number of aryl methyl sites for hydroxylation is 2. The SMILES string of the molecule is COc1ccccc1C(CNS(=O)(=O)c1ccc2c(c1)n(C)c(=O)n2C)N1CCCCC1. The molecule has 1 aliphatic heterocycles. The molecular formula is C23H30N4O4S. The number of fused-ring (bicyclic) bond motifs is 1. The van der Waals surface area contributed by atoms with Crippen molar-refractivity contribution in [3.05, 3.63) is 58.5 Å². The summed E-state index contributed by atoms with van der Waals surface area (Å²) < 4.78 is 37.7. The van der Waals surface area contributed by atoms with E-state index in [4.69, 9.17) is 4.74 Å². The smallest absolute Gasteiger partial charge is 0.328 e. The minimum Gasteiger partial charge on any atom is -0.496 e. The summed E-state index contributed by atoms with van der Waals surface area (Å²) >= 11 is 0. The molecule has 4 rings (SSSR count). The van der Waals surface area contributed by atoms with Gasteiger partial charge in [-0.3, -0.25) is 14.0 Å². The molecule has 1 fully saturated rings. The fourth-order valence-electron chi connectivity index (χ4n) is 4.53. The van der Waals surface area contributed by atoms with Gasteiger partial charge in [0.25, 0.3) is 0 Å². The average Bonchev–Trinajstić information content (AvgIpc) is 3.03. The van der Waals surface area contributed by atoms with Crippen LogP contribution in [0.3, 0.4) is 0 Å². The van der Waals surface area contributed by atoms with Crippen molar-refractivity contribution in [2.45, 2.75) is 30.2 Å². The van der Waals surface area contributed by atoms with Crippen molar-refractivity contribution in [2.24, 2.45) is 14.1 Å². The van der Waals surface area contributed by atoms with E-state index in [2.05, 4.69) is 9.62 Å². The molecule has 1 aliphatic rings. The fraction of sp³-hybridized carbons (Fsp3) is 0.435. The van der Waals surface area contributed by atoms with Crippen LogP contribution >= 0.6 is 0 Å². The van der Waals surface area contributed by atoms with Gasteiger partial charge in [-0.1, -0.05) is 24.6 Å². The Balaban J connectivity index is 1.64. The summed E-state index contributed by atoms with van der Waals surface area (Å²) in [6, 6.07) is 12.4. The second-order valence-electron chi connectivity index (χ2n) is 8.26. The number of likely N-dealkylation sites (tertiary alicyclic amines) is 1. The third kappa shape index (κ3) is 4.20. The Kier molecular flexibility index (Phi) is 6.41. The van der Waals surface area contributed by atoms with Crippen molar-refractivity contribution in [1.29, 1.82) is 0 Å². The van der Waals surface area contributed by atoms with E-state index in [1.807, 2.05) is 24.3 Å². The fourth-order valence-corrected chi connectivity index (χ4v) is 5.59. The number of rotatable bonds is 7. The molecule has 0 amide bonds. The number of ether oxygens (including phenoxy) is 1. The maximum Gasteiger partial charge on any atom is 0.328 e. The predicted molar refractivity (Wildman–Crippen MR) is 125 cm³/mol. The van der Waals surface area contributed by atoms with Gasteiger partial charge in [0.05, 0.1) is 29.1 Å². The van der Waals surface area contributed by atoms with Crippen LogP contribution in [0.4, 0.5) is 0 Å². The van der Waals surface area contributed by atoms with Gasteiger partial charge >= 0.3 is 5.69 Å². The van der Waals surface area contributed by atoms with Gasteiger partial charge in [-0.15, -0.1) is 0 Å². The molecule has 1 aromatic heterocycles. The Morgan fingerprint density at radius 1 is 1.00 bits per heavy atom. The highest BCUT2D eigenvalue weighted by atomic mass is 32.2. The van der Waals surface area contributed by atoms with Gasteiger partial charge < -0.3 is 4.74 Å². The first-order chi connectivity index (χ1) is 15.3. The molecule has 0 bridgehead atoms. The van der Waals surface area contributed by atoms with Crippen molar-refractivity contribution >= 4 is 21.1 Å². The number of nitrogens with one attached hydrogen (secondary N) is 1. The summed E-state index contributed by atoms with van der Waals surface area (Å²) in [6.45, 7) is 2.07. The molecule has 0 radical (unpaired) electrons. The zero-order valence-corrected chi connectivity index (χ0v) is 19.6. The molecule has 0 spiro atoms. The van der Waals surface area contributed by atoms with E-state index in [0.717, 1.165) is 37.2 Å².